The first-order valence-electron chi connectivity index (χ1n) is 11.9. The van der Waals surface area contributed by atoms with Crippen LogP contribution in [0.5, 0.6) is 0 Å². The van der Waals surface area contributed by atoms with Gasteiger partial charge in [0.05, 0.1) is 12.7 Å². The van der Waals surface area contributed by atoms with Gasteiger partial charge in [0.15, 0.2) is 5.76 Å². The van der Waals surface area contributed by atoms with Gasteiger partial charge in [-0.3, -0.25) is 0 Å². The van der Waals surface area contributed by atoms with Crippen LogP contribution < -0.4 is 10.2 Å². The van der Waals surface area contributed by atoms with Gasteiger partial charge in [-0.15, -0.1) is 0 Å². The fourth-order valence-corrected chi connectivity index (χ4v) is 3.99. The van der Waals surface area contributed by atoms with E-state index in [0.29, 0.717) is 18.2 Å². The van der Waals surface area contributed by atoms with E-state index in [2.05, 4.69) is 35.8 Å². The van der Waals surface area contributed by atoms with Crippen molar-refractivity contribution in [1.29, 1.82) is 0 Å². The first-order valence-corrected chi connectivity index (χ1v) is 11.9. The number of nitrogens with one attached hydrogen (secondary N) is 1. The van der Waals surface area contributed by atoms with E-state index >= 15 is 0 Å². The largest absolute Gasteiger partial charge is 0.491 e. The Kier molecular flexibility index (Phi) is 11.5. The summed E-state index contributed by atoms with van der Waals surface area (Å²) in [5.41, 5.74) is 1.25. The number of methoxy groups -OCH3 is 1. The fourth-order valence-electron chi connectivity index (χ4n) is 3.99. The molecule has 0 bridgehead atoms. The zero-order valence-electron chi connectivity index (χ0n) is 20.3. The van der Waals surface area contributed by atoms with Crippen molar-refractivity contribution in [1.82, 2.24) is 5.32 Å². The number of aromatic carboxylic acids is 1. The molecule has 0 aliphatic heterocycles. The molecule has 0 aromatic heterocycles. The summed E-state index contributed by atoms with van der Waals surface area (Å²) >= 11 is 0. The quantitative estimate of drug-likeness (QED) is 0.177. The van der Waals surface area contributed by atoms with E-state index < -0.39 is 5.97 Å². The van der Waals surface area contributed by atoms with Gasteiger partial charge < -0.3 is 24.8 Å². The lowest BCUT2D eigenvalue weighted by molar-refractivity contribution is 0.0696. The van der Waals surface area contributed by atoms with Gasteiger partial charge in [-0.25, -0.2) is 9.79 Å². The molecule has 1 saturated carbocycles. The molecule has 1 fully saturated rings. The van der Waals surface area contributed by atoms with Crippen LogP contribution in [-0.4, -0.2) is 56.7 Å². The Labute approximate surface area is 198 Å². The number of carboxylic acid groups (broad SMARTS) is 1. The molecule has 7 nitrogen and oxygen atoms in total. The lowest BCUT2D eigenvalue weighted by Gasteiger charge is -2.31. The molecule has 1 aromatic carbocycles. The van der Waals surface area contributed by atoms with Crippen molar-refractivity contribution in [3.05, 3.63) is 53.6 Å². The Balaban J connectivity index is 2.16. The Morgan fingerprint density at radius 1 is 1.30 bits per heavy atom. The van der Waals surface area contributed by atoms with Crippen molar-refractivity contribution in [2.45, 2.75) is 64.5 Å². The first kappa shape index (κ1) is 26.5. The third-order valence-corrected chi connectivity index (χ3v) is 5.94. The second kappa shape index (κ2) is 14.4. The molecule has 2 rings (SSSR count). The van der Waals surface area contributed by atoms with Crippen molar-refractivity contribution in [2.75, 3.05) is 31.6 Å². The van der Waals surface area contributed by atoms with E-state index in [1.807, 2.05) is 24.3 Å². The third-order valence-electron chi connectivity index (χ3n) is 5.94. The molecule has 1 atom stereocenters. The van der Waals surface area contributed by atoms with Crippen LogP contribution in [0.3, 0.4) is 0 Å². The number of hydrogen-bond donors (Lipinski definition) is 2. The molecule has 1 aliphatic rings. The van der Waals surface area contributed by atoms with Crippen molar-refractivity contribution in [2.24, 2.45) is 4.99 Å². The van der Waals surface area contributed by atoms with Gasteiger partial charge in [0.1, 0.15) is 6.10 Å². The molecule has 1 unspecified atom stereocenters. The van der Waals surface area contributed by atoms with Crippen LogP contribution in [0.15, 0.2) is 53.1 Å². The predicted molar refractivity (Wildman–Crippen MR) is 134 cm³/mol. The molecule has 0 spiro atoms. The minimum atomic E-state index is -0.925. The third kappa shape index (κ3) is 8.57. The average Bonchev–Trinajstić information content (AvgIpc) is 2.84. The van der Waals surface area contributed by atoms with Crippen molar-refractivity contribution in [3.63, 3.8) is 0 Å². The van der Waals surface area contributed by atoms with E-state index in [-0.39, 0.29) is 17.7 Å². The SMILES string of the molecule is C=N/C(OC1CCCCC1)=C(\C=C/CN(c1ccc(C(=O)O)cc1)C(C)CCNCC)OC. The molecule has 0 saturated heterocycles. The zero-order chi connectivity index (χ0) is 24.1. The maximum Gasteiger partial charge on any atom is 0.335 e. The van der Waals surface area contributed by atoms with E-state index in [0.717, 1.165) is 38.0 Å². The molecular formula is C26H39N3O4. The number of benzene rings is 1. The molecule has 7 heteroatoms. The van der Waals surface area contributed by atoms with Crippen molar-refractivity contribution in [3.8, 4) is 0 Å². The molecule has 182 valence electrons. The Bertz CT molecular complexity index is 798. The summed E-state index contributed by atoms with van der Waals surface area (Å²) < 4.78 is 11.6. The van der Waals surface area contributed by atoms with Gasteiger partial charge in [0.25, 0.3) is 5.88 Å². The Morgan fingerprint density at radius 3 is 2.58 bits per heavy atom. The normalized spacial score (nSPS) is 16.2. The molecule has 1 aliphatic carbocycles. The van der Waals surface area contributed by atoms with Crippen LogP contribution in [0.2, 0.25) is 0 Å². The smallest absolute Gasteiger partial charge is 0.335 e. The predicted octanol–water partition coefficient (Wildman–Crippen LogP) is 5.00. The Hall–Kier alpha value is -2.80. The van der Waals surface area contributed by atoms with Gasteiger partial charge in [-0.2, -0.15) is 0 Å². The first-order chi connectivity index (χ1) is 16.0. The van der Waals surface area contributed by atoms with Crippen LogP contribution in [-0.2, 0) is 9.47 Å². The minimum Gasteiger partial charge on any atom is -0.491 e. The van der Waals surface area contributed by atoms with Crippen LogP contribution in [0, 0.1) is 0 Å². The molecule has 0 amide bonds. The molecule has 2 N–H and O–H groups in total. The van der Waals surface area contributed by atoms with Crippen molar-refractivity contribution < 1.29 is 19.4 Å². The second-order valence-electron chi connectivity index (χ2n) is 8.31. The number of carboxylic acids is 1. The standard InChI is InChI=1S/C26H39N3O4/c1-5-28-18-17-20(2)29(22-15-13-21(14-16-22)26(30)31)19-9-12-24(32-4)25(27-3)33-23-10-7-6-8-11-23/h9,12-16,20,23,28H,3,5-8,10-11,17-19H2,1-2,4H3,(H,30,31)/b12-9-,25-24-. The maximum absolute atomic E-state index is 11.2. The van der Waals surface area contributed by atoms with Gasteiger partial charge in [-0.1, -0.05) is 19.4 Å². The van der Waals surface area contributed by atoms with Gasteiger partial charge in [0, 0.05) is 18.3 Å². The maximum atomic E-state index is 11.2. The fraction of sp³-hybridized carbons (Fsp3) is 0.538. The molecular weight excluding hydrogens is 418 g/mol. The number of aliphatic imine (C=N–C) groups is 1. The number of allylic oxidation sites excluding steroid dienone is 1. The highest BCUT2D eigenvalue weighted by atomic mass is 16.5. The average molecular weight is 458 g/mol. The number of hydrogen-bond acceptors (Lipinski definition) is 6. The number of ether oxygens (including phenoxy) is 2. The van der Waals surface area contributed by atoms with E-state index in [1.165, 1.54) is 19.3 Å². The van der Waals surface area contributed by atoms with Crippen LogP contribution in [0.25, 0.3) is 0 Å². The number of rotatable bonds is 14. The molecule has 0 heterocycles. The van der Waals surface area contributed by atoms with E-state index in [4.69, 9.17) is 9.47 Å². The number of carbonyl (C=O) groups is 1. The lowest BCUT2D eigenvalue weighted by Crippen LogP contribution is -2.35. The highest BCUT2D eigenvalue weighted by Crippen LogP contribution is 2.25. The van der Waals surface area contributed by atoms with Crippen LogP contribution in [0.1, 0.15) is 62.7 Å². The summed E-state index contributed by atoms with van der Waals surface area (Å²) in [6, 6.07) is 7.25. The van der Waals surface area contributed by atoms with Gasteiger partial charge in [-0.05, 0) is 89.2 Å². The second-order valence-corrected chi connectivity index (χ2v) is 8.31. The summed E-state index contributed by atoms with van der Waals surface area (Å²) in [5.74, 6) is 0.0562. The molecule has 1 aromatic rings. The number of anilines is 1. The van der Waals surface area contributed by atoms with Crippen molar-refractivity contribution >= 4 is 18.4 Å². The summed E-state index contributed by atoms with van der Waals surface area (Å²) in [7, 11) is 1.61. The molecule has 33 heavy (non-hydrogen) atoms. The summed E-state index contributed by atoms with van der Waals surface area (Å²) in [5, 5.41) is 12.6. The summed E-state index contributed by atoms with van der Waals surface area (Å²) in [6.07, 6.45) is 10.7. The zero-order valence-corrected chi connectivity index (χ0v) is 20.3. The number of nitrogens with zero attached hydrogens (tertiary/aromatic N) is 2. The van der Waals surface area contributed by atoms with Crippen LogP contribution in [0.4, 0.5) is 5.69 Å². The highest BCUT2D eigenvalue weighted by molar-refractivity contribution is 5.88. The minimum absolute atomic E-state index is 0.160. The van der Waals surface area contributed by atoms with E-state index in [1.54, 1.807) is 19.2 Å². The van der Waals surface area contributed by atoms with Gasteiger partial charge >= 0.3 is 5.97 Å². The van der Waals surface area contributed by atoms with Gasteiger partial charge in [0.2, 0.25) is 0 Å². The van der Waals surface area contributed by atoms with Crippen LogP contribution >= 0.6 is 0 Å². The molecule has 0 radical (unpaired) electrons. The van der Waals surface area contributed by atoms with E-state index in [9.17, 15) is 9.90 Å². The summed E-state index contributed by atoms with van der Waals surface area (Å²) in [6.45, 7) is 10.4. The Morgan fingerprint density at radius 2 is 2.00 bits per heavy atom. The summed E-state index contributed by atoms with van der Waals surface area (Å²) in [4.78, 5) is 17.5. The highest BCUT2D eigenvalue weighted by Gasteiger charge is 2.18. The topological polar surface area (TPSA) is 83.4 Å². The monoisotopic (exact) mass is 457 g/mol. The lowest BCUT2D eigenvalue weighted by atomic mass is 9.98.